The minimum absolute atomic E-state index is 0.162. The van der Waals surface area contributed by atoms with Crippen LogP contribution in [0.5, 0.6) is 5.75 Å². The van der Waals surface area contributed by atoms with E-state index in [1.54, 1.807) is 0 Å². The average molecular weight is 295 g/mol. The van der Waals surface area contributed by atoms with E-state index in [9.17, 15) is 14.3 Å². The van der Waals surface area contributed by atoms with E-state index in [0.717, 1.165) is 12.8 Å². The first-order chi connectivity index (χ1) is 10.0. The summed E-state index contributed by atoms with van der Waals surface area (Å²) in [4.78, 5) is 11.3. The van der Waals surface area contributed by atoms with E-state index in [2.05, 4.69) is 5.32 Å². The first-order valence-corrected chi connectivity index (χ1v) is 7.44. The molecule has 1 heterocycles. The molecule has 4 nitrogen and oxygen atoms in total. The Morgan fingerprint density at radius 2 is 2.33 bits per heavy atom. The second-order valence-corrected chi connectivity index (χ2v) is 5.46. The second kappa shape index (κ2) is 6.89. The number of benzene rings is 1. The maximum absolute atomic E-state index is 13.9. The van der Waals surface area contributed by atoms with Gasteiger partial charge in [0.05, 0.1) is 18.8 Å². The summed E-state index contributed by atoms with van der Waals surface area (Å²) in [6, 6.07) is 2.44. The normalized spacial score (nSPS) is 18.6. The maximum atomic E-state index is 13.9. The molecule has 0 aliphatic carbocycles. The lowest BCUT2D eigenvalue weighted by atomic mass is 9.93. The molecule has 2 atom stereocenters. The molecule has 1 aliphatic rings. The Balaban J connectivity index is 2.35. The number of nitrogens with one attached hydrogen (secondary N) is 1. The van der Waals surface area contributed by atoms with Gasteiger partial charge < -0.3 is 15.2 Å². The number of fused-ring (bicyclic) bond motifs is 1. The summed E-state index contributed by atoms with van der Waals surface area (Å²) in [5.41, 5.74) is 1.09. The molecule has 0 spiro atoms. The van der Waals surface area contributed by atoms with Gasteiger partial charge >= 0.3 is 0 Å². The molecule has 1 aliphatic heterocycles. The lowest BCUT2D eigenvalue weighted by Crippen LogP contribution is -2.31. The van der Waals surface area contributed by atoms with E-state index in [0.29, 0.717) is 36.3 Å². The Bertz CT molecular complexity index is 518. The highest BCUT2D eigenvalue weighted by Crippen LogP contribution is 2.39. The molecule has 0 bridgehead atoms. The van der Waals surface area contributed by atoms with Crippen LogP contribution in [-0.2, 0) is 4.79 Å². The monoisotopic (exact) mass is 295 g/mol. The summed E-state index contributed by atoms with van der Waals surface area (Å²) in [5, 5.41) is 13.1. The van der Waals surface area contributed by atoms with Crippen molar-refractivity contribution in [3.8, 4) is 5.75 Å². The van der Waals surface area contributed by atoms with Crippen molar-refractivity contribution < 1.29 is 19.0 Å². The maximum Gasteiger partial charge on any atom is 0.217 e. The molecule has 2 unspecified atom stereocenters. The van der Waals surface area contributed by atoms with Crippen LogP contribution in [-0.4, -0.2) is 17.6 Å². The fourth-order valence-electron chi connectivity index (χ4n) is 2.69. The zero-order valence-electron chi connectivity index (χ0n) is 12.5. The predicted molar refractivity (Wildman–Crippen MR) is 77.6 cm³/mol. The van der Waals surface area contributed by atoms with Crippen LogP contribution in [0.25, 0.3) is 0 Å². The molecular weight excluding hydrogens is 273 g/mol. The Morgan fingerprint density at radius 1 is 1.57 bits per heavy atom. The standard InChI is InChI=1S/C16H22FNO3/c1-3-4-5-15(20)13-9-11(17)8-12-14(18-10(2)19)6-7-21-16(12)13/h8-9,14-15,20H,3-7H2,1-2H3,(H,18,19). The molecule has 2 N–H and O–H groups in total. The fraction of sp³-hybridized carbons (Fsp3) is 0.562. The van der Waals surface area contributed by atoms with Gasteiger partial charge in [0.2, 0.25) is 5.91 Å². The van der Waals surface area contributed by atoms with Crippen molar-refractivity contribution in [1.29, 1.82) is 0 Å². The average Bonchev–Trinajstić information content (AvgIpc) is 2.44. The van der Waals surface area contributed by atoms with Gasteiger partial charge in [0.1, 0.15) is 11.6 Å². The molecule has 0 aromatic heterocycles. The van der Waals surface area contributed by atoms with Crippen LogP contribution < -0.4 is 10.1 Å². The number of carbonyl (C=O) groups is 1. The van der Waals surface area contributed by atoms with Crippen LogP contribution in [0.15, 0.2) is 12.1 Å². The third-order valence-electron chi connectivity index (χ3n) is 3.71. The zero-order valence-corrected chi connectivity index (χ0v) is 12.5. The summed E-state index contributed by atoms with van der Waals surface area (Å²) < 4.78 is 19.5. The highest BCUT2D eigenvalue weighted by atomic mass is 19.1. The largest absolute Gasteiger partial charge is 0.493 e. The number of unbranched alkanes of at least 4 members (excludes halogenated alkanes) is 1. The van der Waals surface area contributed by atoms with E-state index >= 15 is 0 Å². The number of aliphatic hydroxyl groups excluding tert-OH is 1. The molecule has 1 amide bonds. The van der Waals surface area contributed by atoms with Gasteiger partial charge in [-0.25, -0.2) is 4.39 Å². The number of halogens is 1. The van der Waals surface area contributed by atoms with Crippen LogP contribution in [0, 0.1) is 5.82 Å². The summed E-state index contributed by atoms with van der Waals surface area (Å²) >= 11 is 0. The Hall–Kier alpha value is -1.62. The van der Waals surface area contributed by atoms with Crippen molar-refractivity contribution in [2.75, 3.05) is 6.61 Å². The highest BCUT2D eigenvalue weighted by Gasteiger charge is 2.27. The SMILES string of the molecule is CCCCC(O)c1cc(F)cc2c1OCCC2NC(C)=O. The van der Waals surface area contributed by atoms with E-state index in [4.69, 9.17) is 4.74 Å². The Morgan fingerprint density at radius 3 is 3.00 bits per heavy atom. The lowest BCUT2D eigenvalue weighted by molar-refractivity contribution is -0.119. The number of aliphatic hydroxyl groups is 1. The molecule has 116 valence electrons. The molecule has 5 heteroatoms. The van der Waals surface area contributed by atoms with Gasteiger partial charge in [-0.1, -0.05) is 19.8 Å². The van der Waals surface area contributed by atoms with E-state index in [-0.39, 0.29) is 11.9 Å². The molecule has 21 heavy (non-hydrogen) atoms. The number of carbonyl (C=O) groups excluding carboxylic acids is 1. The van der Waals surface area contributed by atoms with Crippen molar-refractivity contribution in [1.82, 2.24) is 5.32 Å². The molecule has 0 saturated carbocycles. The van der Waals surface area contributed by atoms with Crippen LogP contribution in [0.2, 0.25) is 0 Å². The number of rotatable bonds is 5. The molecule has 1 aromatic rings. The van der Waals surface area contributed by atoms with Gasteiger partial charge in [0, 0.05) is 24.5 Å². The third kappa shape index (κ3) is 3.73. The number of hydrogen-bond acceptors (Lipinski definition) is 3. The second-order valence-electron chi connectivity index (χ2n) is 5.46. The molecular formula is C16H22FNO3. The van der Waals surface area contributed by atoms with Crippen LogP contribution in [0.4, 0.5) is 4.39 Å². The van der Waals surface area contributed by atoms with E-state index < -0.39 is 11.9 Å². The first-order valence-electron chi connectivity index (χ1n) is 7.44. The predicted octanol–water partition coefficient (Wildman–Crippen LogP) is 3.01. The van der Waals surface area contributed by atoms with Gasteiger partial charge in [0.15, 0.2) is 0 Å². The van der Waals surface area contributed by atoms with Crippen molar-refractivity contribution in [2.45, 2.75) is 51.7 Å². The van der Waals surface area contributed by atoms with Gasteiger partial charge in [-0.2, -0.15) is 0 Å². The first kappa shape index (κ1) is 15.8. The zero-order chi connectivity index (χ0) is 15.4. The molecule has 0 radical (unpaired) electrons. The minimum atomic E-state index is -0.745. The fourth-order valence-corrected chi connectivity index (χ4v) is 2.69. The lowest BCUT2D eigenvalue weighted by Gasteiger charge is -2.29. The smallest absolute Gasteiger partial charge is 0.217 e. The van der Waals surface area contributed by atoms with E-state index in [1.807, 2.05) is 6.92 Å². The molecule has 1 aromatic carbocycles. The number of ether oxygens (including phenoxy) is 1. The van der Waals surface area contributed by atoms with Crippen molar-refractivity contribution >= 4 is 5.91 Å². The molecule has 0 saturated heterocycles. The van der Waals surface area contributed by atoms with Crippen molar-refractivity contribution in [3.63, 3.8) is 0 Å². The Kier molecular flexibility index (Phi) is 5.17. The van der Waals surface area contributed by atoms with Crippen molar-refractivity contribution in [3.05, 3.63) is 29.1 Å². The van der Waals surface area contributed by atoms with Gasteiger partial charge in [-0.3, -0.25) is 4.79 Å². The van der Waals surface area contributed by atoms with E-state index in [1.165, 1.54) is 19.1 Å². The topological polar surface area (TPSA) is 58.6 Å². The van der Waals surface area contributed by atoms with Crippen LogP contribution in [0.3, 0.4) is 0 Å². The third-order valence-corrected chi connectivity index (χ3v) is 3.71. The molecule has 2 rings (SSSR count). The molecule has 0 fully saturated rings. The number of hydrogen-bond donors (Lipinski definition) is 2. The summed E-state index contributed by atoms with van der Waals surface area (Å²) in [5.74, 6) is -0.0599. The number of amides is 1. The van der Waals surface area contributed by atoms with Gasteiger partial charge in [-0.05, 0) is 18.6 Å². The van der Waals surface area contributed by atoms with Crippen LogP contribution in [0.1, 0.15) is 62.8 Å². The highest BCUT2D eigenvalue weighted by molar-refractivity contribution is 5.73. The van der Waals surface area contributed by atoms with Gasteiger partial charge in [-0.15, -0.1) is 0 Å². The Labute approximate surface area is 124 Å². The van der Waals surface area contributed by atoms with Crippen molar-refractivity contribution in [2.24, 2.45) is 0 Å². The summed E-state index contributed by atoms with van der Waals surface area (Å²) in [6.45, 7) is 3.92. The summed E-state index contributed by atoms with van der Waals surface area (Å²) in [7, 11) is 0. The van der Waals surface area contributed by atoms with Gasteiger partial charge in [0.25, 0.3) is 0 Å². The minimum Gasteiger partial charge on any atom is -0.493 e. The summed E-state index contributed by atoms with van der Waals surface area (Å²) in [6.07, 6.45) is 2.25. The quantitative estimate of drug-likeness (QED) is 0.878. The van der Waals surface area contributed by atoms with Crippen LogP contribution >= 0.6 is 0 Å².